The number of benzene rings is 1. The first-order valence-corrected chi connectivity index (χ1v) is 8.50. The molecule has 1 fully saturated rings. The molecule has 0 unspecified atom stereocenters. The molecule has 0 bridgehead atoms. The second-order valence-corrected chi connectivity index (χ2v) is 5.92. The third-order valence-corrected chi connectivity index (χ3v) is 4.18. The van der Waals surface area contributed by atoms with E-state index in [0.29, 0.717) is 23.7 Å². The fourth-order valence-corrected chi connectivity index (χ4v) is 2.97. The third kappa shape index (κ3) is 5.35. The summed E-state index contributed by atoms with van der Waals surface area (Å²) >= 11 is 0. The van der Waals surface area contributed by atoms with Crippen LogP contribution in [0.4, 0.5) is 0 Å². The van der Waals surface area contributed by atoms with Gasteiger partial charge in [0.15, 0.2) is 18.1 Å². The van der Waals surface area contributed by atoms with E-state index in [2.05, 4.69) is 5.32 Å². The van der Waals surface area contributed by atoms with E-state index in [1.165, 1.54) is 0 Å². The van der Waals surface area contributed by atoms with Crippen molar-refractivity contribution >= 4 is 11.9 Å². The van der Waals surface area contributed by atoms with Crippen LogP contribution in [0, 0.1) is 0 Å². The lowest BCUT2D eigenvalue weighted by molar-refractivity contribution is -0.139. The van der Waals surface area contributed by atoms with Crippen molar-refractivity contribution in [3.05, 3.63) is 23.8 Å². The van der Waals surface area contributed by atoms with Gasteiger partial charge in [0.2, 0.25) is 0 Å². The number of nitrogens with one attached hydrogen (secondary N) is 1. The number of carboxylic acids is 1. The van der Waals surface area contributed by atoms with E-state index in [1.807, 2.05) is 0 Å². The fraction of sp³-hybridized carbons (Fsp3) is 0.556. The Morgan fingerprint density at radius 1 is 1.20 bits per heavy atom. The van der Waals surface area contributed by atoms with Gasteiger partial charge < -0.3 is 24.6 Å². The maximum atomic E-state index is 12.6. The topological polar surface area (TPSA) is 94.1 Å². The number of carbonyl (C=O) groups excluding carboxylic acids is 1. The minimum Gasteiger partial charge on any atom is -0.490 e. The van der Waals surface area contributed by atoms with E-state index in [1.54, 1.807) is 32.2 Å². The first kappa shape index (κ1) is 19.1. The summed E-state index contributed by atoms with van der Waals surface area (Å²) in [6.07, 6.45) is 4.03. The molecule has 0 spiro atoms. The predicted octanol–water partition coefficient (Wildman–Crippen LogP) is 2.24. The molecule has 0 aromatic heterocycles. The fourth-order valence-electron chi connectivity index (χ4n) is 2.97. The Bertz CT molecular complexity index is 603. The van der Waals surface area contributed by atoms with Gasteiger partial charge in [-0.25, -0.2) is 4.79 Å². The third-order valence-electron chi connectivity index (χ3n) is 4.18. The van der Waals surface area contributed by atoms with Crippen LogP contribution in [-0.2, 0) is 9.53 Å². The Labute approximate surface area is 147 Å². The van der Waals surface area contributed by atoms with Crippen LogP contribution in [0.1, 0.15) is 43.0 Å². The second kappa shape index (κ2) is 9.27. The zero-order chi connectivity index (χ0) is 18.2. The van der Waals surface area contributed by atoms with Crippen LogP contribution in [0.5, 0.6) is 11.5 Å². The van der Waals surface area contributed by atoms with Crippen molar-refractivity contribution in [2.75, 3.05) is 20.3 Å². The molecule has 2 atom stereocenters. The molecule has 1 aliphatic carbocycles. The standard InChI is InChI=1S/C18H25NO6/c1-3-24-16-10-12(8-9-15(16)25-11-17(20)21)18(22)19-13-6-4-5-7-14(13)23-2/h8-10,13-14H,3-7,11H2,1-2H3,(H,19,22)(H,20,21)/t13-,14-/m0/s1. The molecule has 0 saturated heterocycles. The monoisotopic (exact) mass is 351 g/mol. The Balaban J connectivity index is 2.10. The van der Waals surface area contributed by atoms with Crippen molar-refractivity contribution in [2.45, 2.75) is 44.8 Å². The number of carboxylic acid groups (broad SMARTS) is 1. The largest absolute Gasteiger partial charge is 0.490 e. The summed E-state index contributed by atoms with van der Waals surface area (Å²) in [5, 5.41) is 11.7. The number of hydrogen-bond donors (Lipinski definition) is 2. The SMILES string of the molecule is CCOc1cc(C(=O)N[C@H]2CCCC[C@@H]2OC)ccc1OCC(=O)O. The van der Waals surface area contributed by atoms with Gasteiger partial charge in [0.05, 0.1) is 18.8 Å². The van der Waals surface area contributed by atoms with Crippen molar-refractivity contribution in [1.82, 2.24) is 5.32 Å². The molecule has 0 heterocycles. The van der Waals surface area contributed by atoms with Crippen molar-refractivity contribution in [1.29, 1.82) is 0 Å². The molecule has 2 rings (SSSR count). The lowest BCUT2D eigenvalue weighted by Crippen LogP contribution is -2.45. The average molecular weight is 351 g/mol. The van der Waals surface area contributed by atoms with Gasteiger partial charge in [0.25, 0.3) is 5.91 Å². The summed E-state index contributed by atoms with van der Waals surface area (Å²) < 4.78 is 16.1. The van der Waals surface area contributed by atoms with Crippen LogP contribution < -0.4 is 14.8 Å². The normalized spacial score (nSPS) is 19.9. The molecule has 2 N–H and O–H groups in total. The van der Waals surface area contributed by atoms with Crippen molar-refractivity contribution < 1.29 is 28.9 Å². The summed E-state index contributed by atoms with van der Waals surface area (Å²) in [6, 6.07) is 4.71. The number of hydrogen-bond acceptors (Lipinski definition) is 5. The Hall–Kier alpha value is -2.28. The van der Waals surface area contributed by atoms with Gasteiger partial charge in [-0.3, -0.25) is 4.79 Å². The van der Waals surface area contributed by atoms with Gasteiger partial charge in [0, 0.05) is 12.7 Å². The minimum absolute atomic E-state index is 0.00951. The van der Waals surface area contributed by atoms with Crippen molar-refractivity contribution in [3.63, 3.8) is 0 Å². The first-order valence-electron chi connectivity index (χ1n) is 8.50. The van der Waals surface area contributed by atoms with E-state index in [-0.39, 0.29) is 18.1 Å². The van der Waals surface area contributed by atoms with Crippen LogP contribution >= 0.6 is 0 Å². The number of aliphatic carboxylic acids is 1. The van der Waals surface area contributed by atoms with Crippen molar-refractivity contribution in [2.24, 2.45) is 0 Å². The van der Waals surface area contributed by atoms with E-state index in [4.69, 9.17) is 19.3 Å². The molecule has 1 aliphatic rings. The lowest BCUT2D eigenvalue weighted by Gasteiger charge is -2.31. The van der Waals surface area contributed by atoms with E-state index >= 15 is 0 Å². The maximum Gasteiger partial charge on any atom is 0.341 e. The molecular weight excluding hydrogens is 326 g/mol. The highest BCUT2D eigenvalue weighted by Gasteiger charge is 2.26. The van der Waals surface area contributed by atoms with Gasteiger partial charge >= 0.3 is 5.97 Å². The van der Waals surface area contributed by atoms with Gasteiger partial charge in [-0.05, 0) is 38.0 Å². The highest BCUT2D eigenvalue weighted by Crippen LogP contribution is 2.29. The molecule has 7 nitrogen and oxygen atoms in total. The Morgan fingerprint density at radius 3 is 2.64 bits per heavy atom. The lowest BCUT2D eigenvalue weighted by atomic mass is 9.92. The molecule has 0 aliphatic heterocycles. The summed E-state index contributed by atoms with van der Waals surface area (Å²) in [5.41, 5.74) is 0.437. The van der Waals surface area contributed by atoms with Crippen molar-refractivity contribution in [3.8, 4) is 11.5 Å². The first-order chi connectivity index (χ1) is 12.0. The summed E-state index contributed by atoms with van der Waals surface area (Å²) in [5.74, 6) is -0.636. The van der Waals surface area contributed by atoms with Crippen LogP contribution in [-0.4, -0.2) is 49.5 Å². The van der Waals surface area contributed by atoms with Gasteiger partial charge in [-0.15, -0.1) is 0 Å². The number of carbonyl (C=O) groups is 2. The Morgan fingerprint density at radius 2 is 1.96 bits per heavy atom. The molecule has 1 aromatic carbocycles. The molecule has 1 amide bonds. The molecule has 138 valence electrons. The van der Waals surface area contributed by atoms with Crippen LogP contribution in [0.3, 0.4) is 0 Å². The molecular formula is C18H25NO6. The molecule has 25 heavy (non-hydrogen) atoms. The zero-order valence-electron chi connectivity index (χ0n) is 14.6. The number of rotatable bonds is 8. The number of amides is 1. The summed E-state index contributed by atoms with van der Waals surface area (Å²) in [4.78, 5) is 23.2. The second-order valence-electron chi connectivity index (χ2n) is 5.92. The summed E-state index contributed by atoms with van der Waals surface area (Å²) in [6.45, 7) is 1.71. The quantitative estimate of drug-likeness (QED) is 0.746. The van der Waals surface area contributed by atoms with Crippen LogP contribution in [0.2, 0.25) is 0 Å². The minimum atomic E-state index is -1.08. The Kier molecular flexibility index (Phi) is 7.06. The van der Waals surface area contributed by atoms with Crippen LogP contribution in [0.15, 0.2) is 18.2 Å². The van der Waals surface area contributed by atoms with Gasteiger partial charge in [-0.2, -0.15) is 0 Å². The van der Waals surface area contributed by atoms with E-state index in [9.17, 15) is 9.59 Å². The molecule has 0 radical (unpaired) electrons. The maximum absolute atomic E-state index is 12.6. The smallest absolute Gasteiger partial charge is 0.341 e. The van der Waals surface area contributed by atoms with E-state index in [0.717, 1.165) is 25.7 Å². The number of ether oxygens (including phenoxy) is 3. The highest BCUT2D eigenvalue weighted by molar-refractivity contribution is 5.95. The number of methoxy groups -OCH3 is 1. The van der Waals surface area contributed by atoms with Gasteiger partial charge in [0.1, 0.15) is 0 Å². The van der Waals surface area contributed by atoms with E-state index < -0.39 is 12.6 Å². The van der Waals surface area contributed by atoms with Gasteiger partial charge in [-0.1, -0.05) is 12.8 Å². The van der Waals surface area contributed by atoms with Crippen LogP contribution in [0.25, 0.3) is 0 Å². The zero-order valence-corrected chi connectivity index (χ0v) is 14.6. The predicted molar refractivity (Wildman–Crippen MR) is 91.3 cm³/mol. The summed E-state index contributed by atoms with van der Waals surface area (Å²) in [7, 11) is 1.66. The average Bonchev–Trinajstić information content (AvgIpc) is 2.61. The molecule has 1 aromatic rings. The highest BCUT2D eigenvalue weighted by atomic mass is 16.5. The molecule has 1 saturated carbocycles. The molecule has 7 heteroatoms.